The van der Waals surface area contributed by atoms with Crippen LogP contribution in [0.3, 0.4) is 0 Å². The average molecular weight is 285 g/mol. The number of Topliss-reactive ketones (excluding diaryl/α,β-unsaturated/α-hetero) is 1. The van der Waals surface area contributed by atoms with Crippen molar-refractivity contribution in [3.05, 3.63) is 0 Å². The molecular weight excluding hydrogens is 258 g/mol. The van der Waals surface area contributed by atoms with E-state index in [-0.39, 0.29) is 11.9 Å². The molecule has 0 aromatic rings. The zero-order chi connectivity index (χ0) is 15.0. The van der Waals surface area contributed by atoms with Gasteiger partial charge in [0.2, 0.25) is 0 Å². The molecule has 0 saturated carbocycles. The van der Waals surface area contributed by atoms with Crippen LogP contribution in [0.1, 0.15) is 20.8 Å². The number of likely N-dealkylation sites (N-methyl/N-ethyl adjacent to an activating group) is 1. The number of hydrogen-bond acceptors (Lipinski definition) is 5. The molecule has 116 valence electrons. The Morgan fingerprint density at radius 2 is 1.70 bits per heavy atom. The molecule has 1 rings (SSSR count). The average Bonchev–Trinajstić information content (AvgIpc) is 2.43. The minimum absolute atomic E-state index is 0.167. The van der Waals surface area contributed by atoms with Gasteiger partial charge in [0.15, 0.2) is 0 Å². The van der Waals surface area contributed by atoms with Gasteiger partial charge in [-0.25, -0.2) is 4.79 Å². The van der Waals surface area contributed by atoms with Crippen molar-refractivity contribution in [1.29, 1.82) is 0 Å². The van der Waals surface area contributed by atoms with Crippen molar-refractivity contribution in [3.63, 3.8) is 0 Å². The van der Waals surface area contributed by atoms with Crippen molar-refractivity contribution >= 4 is 11.9 Å². The van der Waals surface area contributed by atoms with E-state index in [0.717, 1.165) is 32.7 Å². The second-order valence-electron chi connectivity index (χ2n) is 5.11. The van der Waals surface area contributed by atoms with Gasteiger partial charge in [-0.2, -0.15) is 0 Å². The predicted molar refractivity (Wildman–Crippen MR) is 77.8 cm³/mol. The molecule has 0 N–H and O–H groups in total. The third kappa shape index (κ3) is 5.88. The van der Waals surface area contributed by atoms with Gasteiger partial charge in [-0.05, 0) is 20.0 Å². The summed E-state index contributed by atoms with van der Waals surface area (Å²) in [6, 6.07) is 0. The van der Waals surface area contributed by atoms with Gasteiger partial charge < -0.3 is 14.5 Å². The lowest BCUT2D eigenvalue weighted by molar-refractivity contribution is -0.118. The summed E-state index contributed by atoms with van der Waals surface area (Å²) < 4.78 is 5.29. The molecule has 6 heteroatoms. The van der Waals surface area contributed by atoms with Crippen LogP contribution in [-0.4, -0.2) is 85.5 Å². The third-order valence-corrected chi connectivity index (χ3v) is 3.60. The first-order valence-corrected chi connectivity index (χ1v) is 7.42. The number of amides is 1. The summed E-state index contributed by atoms with van der Waals surface area (Å²) in [6.45, 7) is 12.2. The van der Waals surface area contributed by atoms with Gasteiger partial charge in [-0.1, -0.05) is 13.8 Å². The second-order valence-corrected chi connectivity index (χ2v) is 5.11. The van der Waals surface area contributed by atoms with Crippen LogP contribution in [0.15, 0.2) is 0 Å². The molecule has 1 aliphatic heterocycles. The summed E-state index contributed by atoms with van der Waals surface area (Å²) in [6.07, 6.45) is -0.236. The largest absolute Gasteiger partial charge is 0.448 e. The Morgan fingerprint density at radius 3 is 2.20 bits per heavy atom. The fourth-order valence-corrected chi connectivity index (χ4v) is 2.30. The molecule has 1 aliphatic rings. The lowest BCUT2D eigenvalue weighted by Crippen LogP contribution is -2.50. The Morgan fingerprint density at radius 1 is 1.10 bits per heavy atom. The maximum absolute atomic E-state index is 11.9. The monoisotopic (exact) mass is 285 g/mol. The lowest BCUT2D eigenvalue weighted by Gasteiger charge is -2.33. The first-order chi connectivity index (χ1) is 9.56. The predicted octanol–water partition coefficient (Wildman–Crippen LogP) is 0.671. The summed E-state index contributed by atoms with van der Waals surface area (Å²) in [5.74, 6) is 0.167. The first kappa shape index (κ1) is 16.9. The Hall–Kier alpha value is -1.14. The molecule has 1 amide bonds. The van der Waals surface area contributed by atoms with Crippen LogP contribution < -0.4 is 0 Å². The van der Waals surface area contributed by atoms with Crippen molar-refractivity contribution < 1.29 is 14.3 Å². The van der Waals surface area contributed by atoms with Crippen molar-refractivity contribution in [2.75, 3.05) is 59.0 Å². The van der Waals surface area contributed by atoms with E-state index in [9.17, 15) is 9.59 Å². The number of ketones is 1. The van der Waals surface area contributed by atoms with E-state index in [2.05, 4.69) is 23.6 Å². The van der Waals surface area contributed by atoms with E-state index >= 15 is 0 Å². The van der Waals surface area contributed by atoms with Gasteiger partial charge in [0.1, 0.15) is 12.4 Å². The van der Waals surface area contributed by atoms with Crippen molar-refractivity contribution in [2.24, 2.45) is 0 Å². The zero-order valence-corrected chi connectivity index (χ0v) is 12.9. The van der Waals surface area contributed by atoms with Gasteiger partial charge >= 0.3 is 6.09 Å². The van der Waals surface area contributed by atoms with E-state index in [1.165, 1.54) is 0 Å². The minimum Gasteiger partial charge on any atom is -0.448 e. The Kier molecular flexibility index (Phi) is 7.54. The molecule has 6 nitrogen and oxygen atoms in total. The molecular formula is C14H27N3O3. The van der Waals surface area contributed by atoms with Crippen molar-refractivity contribution in [2.45, 2.75) is 20.8 Å². The van der Waals surface area contributed by atoms with Crippen LogP contribution in [0.25, 0.3) is 0 Å². The molecule has 0 bridgehead atoms. The number of carbonyl (C=O) groups excluding carboxylic acids is 2. The molecule has 0 spiro atoms. The second kappa shape index (κ2) is 8.92. The van der Waals surface area contributed by atoms with Gasteiger partial charge in [0, 0.05) is 32.7 Å². The molecule has 20 heavy (non-hydrogen) atoms. The Balaban J connectivity index is 2.20. The van der Waals surface area contributed by atoms with Crippen molar-refractivity contribution in [1.82, 2.24) is 14.7 Å². The summed E-state index contributed by atoms with van der Waals surface area (Å²) in [5, 5.41) is 0. The number of nitrogens with zero attached hydrogens (tertiary/aromatic N) is 3. The van der Waals surface area contributed by atoms with Crippen LogP contribution in [0.5, 0.6) is 0 Å². The van der Waals surface area contributed by atoms with Crippen LogP contribution >= 0.6 is 0 Å². The SMILES string of the molecule is CCN(CC)CCOC(=O)N1CCN(CC(C)=O)CC1. The Bertz CT molecular complexity index is 311. The van der Waals surface area contributed by atoms with E-state index < -0.39 is 0 Å². The van der Waals surface area contributed by atoms with E-state index in [1.54, 1.807) is 11.8 Å². The van der Waals surface area contributed by atoms with Gasteiger partial charge in [-0.15, -0.1) is 0 Å². The number of rotatable bonds is 7. The van der Waals surface area contributed by atoms with Crippen LogP contribution in [0, 0.1) is 0 Å². The molecule has 0 radical (unpaired) electrons. The first-order valence-electron chi connectivity index (χ1n) is 7.42. The number of ether oxygens (including phenoxy) is 1. The standard InChI is InChI=1S/C14H27N3O3/c1-4-15(5-2)10-11-20-14(19)17-8-6-16(7-9-17)12-13(3)18/h4-12H2,1-3H3. The highest BCUT2D eigenvalue weighted by Crippen LogP contribution is 2.04. The number of hydrogen-bond donors (Lipinski definition) is 0. The normalized spacial score (nSPS) is 16.5. The van der Waals surface area contributed by atoms with Crippen LogP contribution in [0.4, 0.5) is 4.79 Å². The molecule has 0 aliphatic carbocycles. The zero-order valence-electron chi connectivity index (χ0n) is 12.9. The quantitative estimate of drug-likeness (QED) is 0.688. The smallest absolute Gasteiger partial charge is 0.409 e. The minimum atomic E-state index is -0.236. The highest BCUT2D eigenvalue weighted by atomic mass is 16.6. The highest BCUT2D eigenvalue weighted by Gasteiger charge is 2.22. The summed E-state index contributed by atoms with van der Waals surface area (Å²) in [4.78, 5) is 28.9. The molecule has 1 fully saturated rings. The highest BCUT2D eigenvalue weighted by molar-refractivity contribution is 5.77. The number of carbonyl (C=O) groups is 2. The molecule has 1 saturated heterocycles. The molecule has 1 heterocycles. The molecule has 0 atom stereocenters. The lowest BCUT2D eigenvalue weighted by atomic mass is 10.3. The van der Waals surface area contributed by atoms with E-state index in [1.807, 2.05) is 0 Å². The van der Waals surface area contributed by atoms with Crippen molar-refractivity contribution in [3.8, 4) is 0 Å². The van der Waals surface area contributed by atoms with E-state index in [4.69, 9.17) is 4.74 Å². The van der Waals surface area contributed by atoms with Crippen LogP contribution in [0.2, 0.25) is 0 Å². The summed E-state index contributed by atoms with van der Waals surface area (Å²) in [5.41, 5.74) is 0. The fraction of sp³-hybridized carbons (Fsp3) is 0.857. The summed E-state index contributed by atoms with van der Waals surface area (Å²) >= 11 is 0. The molecule has 0 aromatic carbocycles. The number of piperazine rings is 1. The Labute approximate surface area is 121 Å². The molecule has 0 aromatic heterocycles. The summed E-state index contributed by atoms with van der Waals surface area (Å²) in [7, 11) is 0. The van der Waals surface area contributed by atoms with Gasteiger partial charge in [-0.3, -0.25) is 9.69 Å². The van der Waals surface area contributed by atoms with E-state index in [0.29, 0.717) is 26.2 Å². The maximum Gasteiger partial charge on any atom is 0.409 e. The maximum atomic E-state index is 11.9. The van der Waals surface area contributed by atoms with Crippen LogP contribution in [-0.2, 0) is 9.53 Å². The van der Waals surface area contributed by atoms with Gasteiger partial charge in [0.05, 0.1) is 6.54 Å². The topological polar surface area (TPSA) is 53.1 Å². The van der Waals surface area contributed by atoms with Gasteiger partial charge in [0.25, 0.3) is 0 Å². The third-order valence-electron chi connectivity index (χ3n) is 3.60. The fourth-order valence-electron chi connectivity index (χ4n) is 2.30. The molecule has 0 unspecified atom stereocenters.